The summed E-state index contributed by atoms with van der Waals surface area (Å²) >= 11 is 0. The monoisotopic (exact) mass is 747 g/mol. The number of piperidine rings is 2. The van der Waals surface area contributed by atoms with Crippen LogP contribution in [0.3, 0.4) is 0 Å². The number of carbonyl (C=O) groups is 4. The number of methoxy groups -OCH3 is 2. The van der Waals surface area contributed by atoms with Crippen molar-refractivity contribution in [1.29, 1.82) is 0 Å². The zero-order chi connectivity index (χ0) is 38.5. The van der Waals surface area contributed by atoms with Crippen molar-refractivity contribution in [2.45, 2.75) is 57.7 Å². The summed E-state index contributed by atoms with van der Waals surface area (Å²) in [5.74, 6) is 0.0480. The number of rotatable bonds is 8. The van der Waals surface area contributed by atoms with E-state index in [1.165, 1.54) is 7.11 Å². The lowest BCUT2D eigenvalue weighted by molar-refractivity contribution is -0.136. The molecule has 0 radical (unpaired) electrons. The van der Waals surface area contributed by atoms with E-state index in [1.807, 2.05) is 18.2 Å². The van der Waals surface area contributed by atoms with Gasteiger partial charge >= 0.3 is 0 Å². The van der Waals surface area contributed by atoms with Gasteiger partial charge in [0.1, 0.15) is 28.8 Å². The van der Waals surface area contributed by atoms with Gasteiger partial charge in [0.05, 0.1) is 30.9 Å². The van der Waals surface area contributed by atoms with Gasteiger partial charge < -0.3 is 24.3 Å². The minimum absolute atomic E-state index is 0.0897. The molecule has 286 valence electrons. The summed E-state index contributed by atoms with van der Waals surface area (Å²) in [5, 5.41) is 2.64. The number of amides is 4. The van der Waals surface area contributed by atoms with Crippen molar-refractivity contribution in [3.63, 3.8) is 0 Å². The van der Waals surface area contributed by atoms with E-state index in [4.69, 9.17) is 14.5 Å². The summed E-state index contributed by atoms with van der Waals surface area (Å²) in [4.78, 5) is 79.7. The van der Waals surface area contributed by atoms with Crippen molar-refractivity contribution in [2.75, 3.05) is 56.7 Å². The Morgan fingerprint density at radius 1 is 0.782 bits per heavy atom. The van der Waals surface area contributed by atoms with Crippen molar-refractivity contribution in [1.82, 2.24) is 25.1 Å². The first-order chi connectivity index (χ1) is 26.5. The second-order valence-electron chi connectivity index (χ2n) is 15.1. The van der Waals surface area contributed by atoms with Crippen LogP contribution in [0.1, 0.15) is 60.2 Å². The van der Waals surface area contributed by atoms with Crippen molar-refractivity contribution >= 4 is 45.9 Å². The van der Waals surface area contributed by atoms with E-state index in [2.05, 4.69) is 51.0 Å². The minimum atomic E-state index is -0.979. The molecular formula is C41H45N7O7. The van der Waals surface area contributed by atoms with Crippen molar-refractivity contribution in [3.8, 4) is 22.9 Å². The van der Waals surface area contributed by atoms with Gasteiger partial charge in [0.15, 0.2) is 0 Å². The molecule has 4 aliphatic rings. The predicted octanol–water partition coefficient (Wildman–Crippen LogP) is 3.82. The second kappa shape index (κ2) is 14.5. The fraction of sp³-hybridized carbons (Fsp3) is 0.415. The molecule has 3 saturated heterocycles. The number of H-pyrrole nitrogens is 1. The average Bonchev–Trinajstić information content (AvgIpc) is 3.43. The number of imide groups is 2. The first-order valence-electron chi connectivity index (χ1n) is 18.9. The van der Waals surface area contributed by atoms with Gasteiger partial charge in [0.25, 0.3) is 17.4 Å². The van der Waals surface area contributed by atoms with Crippen LogP contribution < -0.4 is 30.1 Å². The van der Waals surface area contributed by atoms with Crippen LogP contribution in [0, 0.1) is 5.92 Å². The third-order valence-corrected chi connectivity index (χ3v) is 11.7. The number of aromatic amines is 1. The number of nitrogens with zero attached hydrogens (tertiary/aromatic N) is 5. The van der Waals surface area contributed by atoms with Crippen LogP contribution >= 0.6 is 0 Å². The molecule has 4 aromatic rings. The van der Waals surface area contributed by atoms with E-state index in [0.717, 1.165) is 67.4 Å². The number of aromatic nitrogens is 2. The molecule has 14 heteroatoms. The summed E-state index contributed by atoms with van der Waals surface area (Å²) in [6.07, 6.45) is 2.38. The number of ether oxygens (including phenoxy) is 2. The third kappa shape index (κ3) is 6.68. The zero-order valence-corrected chi connectivity index (χ0v) is 31.5. The van der Waals surface area contributed by atoms with E-state index < -0.39 is 29.7 Å². The molecule has 0 aliphatic carbocycles. The van der Waals surface area contributed by atoms with Crippen LogP contribution in [0.25, 0.3) is 22.3 Å². The lowest BCUT2D eigenvalue weighted by Gasteiger charge is -2.47. The highest BCUT2D eigenvalue weighted by Gasteiger charge is 2.45. The number of carbonyl (C=O) groups excluding carboxylic acids is 4. The Hall–Kier alpha value is -5.76. The molecule has 4 amide bonds. The van der Waals surface area contributed by atoms with Gasteiger partial charge in [0, 0.05) is 80.3 Å². The average molecular weight is 748 g/mol. The molecule has 55 heavy (non-hydrogen) atoms. The topological polar surface area (TPSA) is 157 Å². The van der Waals surface area contributed by atoms with Gasteiger partial charge in [-0.15, -0.1) is 0 Å². The number of benzene rings is 3. The van der Waals surface area contributed by atoms with Gasteiger partial charge in [-0.05, 0) is 81.5 Å². The van der Waals surface area contributed by atoms with Gasteiger partial charge in [0.2, 0.25) is 11.8 Å². The maximum Gasteiger partial charge on any atom is 0.262 e. The SMILES string of the molecule is COc1cc(OC)c2c(=O)[nH]c(-c3ccc(N4CCC(CN5C(C)CN(c6ccc7c(c6)C(=O)N(C6CCC(=O)NC6=O)C7=O)CC5C)CC4)cc3)nc2c1. The highest BCUT2D eigenvalue weighted by atomic mass is 16.5. The minimum Gasteiger partial charge on any atom is -0.497 e. The van der Waals surface area contributed by atoms with Crippen LogP contribution in [-0.2, 0) is 9.59 Å². The Morgan fingerprint density at radius 2 is 1.47 bits per heavy atom. The number of anilines is 2. The highest BCUT2D eigenvalue weighted by molar-refractivity contribution is 6.23. The summed E-state index contributed by atoms with van der Waals surface area (Å²) in [6.45, 7) is 8.98. The number of hydrogen-bond acceptors (Lipinski definition) is 11. The van der Waals surface area contributed by atoms with E-state index in [0.29, 0.717) is 45.3 Å². The Bertz CT molecular complexity index is 2240. The lowest BCUT2D eigenvalue weighted by Crippen LogP contribution is -2.58. The molecule has 3 aromatic carbocycles. The molecule has 8 rings (SSSR count). The van der Waals surface area contributed by atoms with Crippen LogP contribution in [-0.4, -0.2) is 108 Å². The summed E-state index contributed by atoms with van der Waals surface area (Å²) < 4.78 is 10.8. The zero-order valence-electron chi connectivity index (χ0n) is 31.5. The molecule has 0 bridgehead atoms. The fourth-order valence-corrected chi connectivity index (χ4v) is 8.71. The van der Waals surface area contributed by atoms with Crippen LogP contribution in [0.5, 0.6) is 11.5 Å². The Balaban J connectivity index is 0.872. The van der Waals surface area contributed by atoms with E-state index >= 15 is 0 Å². The van der Waals surface area contributed by atoms with Crippen LogP contribution in [0.4, 0.5) is 11.4 Å². The van der Waals surface area contributed by atoms with E-state index in [9.17, 15) is 24.0 Å². The smallest absolute Gasteiger partial charge is 0.262 e. The summed E-state index contributed by atoms with van der Waals surface area (Å²) in [5.41, 5.74) is 3.66. The molecule has 4 aliphatic heterocycles. The van der Waals surface area contributed by atoms with Crippen molar-refractivity contribution in [2.24, 2.45) is 5.92 Å². The number of hydrogen-bond donors (Lipinski definition) is 2. The maximum atomic E-state index is 13.4. The Kier molecular flexibility index (Phi) is 9.53. The molecule has 14 nitrogen and oxygen atoms in total. The molecule has 5 heterocycles. The van der Waals surface area contributed by atoms with E-state index in [1.54, 1.807) is 31.4 Å². The van der Waals surface area contributed by atoms with Gasteiger partial charge in [-0.2, -0.15) is 0 Å². The molecule has 3 atom stereocenters. The third-order valence-electron chi connectivity index (χ3n) is 11.7. The highest BCUT2D eigenvalue weighted by Crippen LogP contribution is 2.34. The van der Waals surface area contributed by atoms with Gasteiger partial charge in [-0.25, -0.2) is 4.98 Å². The molecule has 2 N–H and O–H groups in total. The van der Waals surface area contributed by atoms with Crippen LogP contribution in [0.15, 0.2) is 59.4 Å². The molecule has 3 fully saturated rings. The van der Waals surface area contributed by atoms with Gasteiger partial charge in [-0.1, -0.05) is 0 Å². The lowest BCUT2D eigenvalue weighted by atomic mass is 9.93. The quantitative estimate of drug-likeness (QED) is 0.253. The normalized spacial score (nSPS) is 22.3. The summed E-state index contributed by atoms with van der Waals surface area (Å²) in [7, 11) is 3.08. The number of piperazine rings is 1. The molecule has 1 aromatic heterocycles. The first kappa shape index (κ1) is 36.2. The first-order valence-corrected chi connectivity index (χ1v) is 18.9. The number of nitrogens with one attached hydrogen (secondary N) is 2. The molecule has 0 saturated carbocycles. The predicted molar refractivity (Wildman–Crippen MR) is 207 cm³/mol. The van der Waals surface area contributed by atoms with E-state index in [-0.39, 0.29) is 30.5 Å². The number of fused-ring (bicyclic) bond motifs is 2. The summed E-state index contributed by atoms with van der Waals surface area (Å²) in [6, 6.07) is 16.5. The fourth-order valence-electron chi connectivity index (χ4n) is 8.71. The maximum absolute atomic E-state index is 13.4. The van der Waals surface area contributed by atoms with Gasteiger partial charge in [-0.3, -0.25) is 39.1 Å². The second-order valence-corrected chi connectivity index (χ2v) is 15.1. The molecule has 0 spiro atoms. The Morgan fingerprint density at radius 3 is 2.15 bits per heavy atom. The van der Waals surface area contributed by atoms with Crippen molar-refractivity contribution in [3.05, 3.63) is 76.1 Å². The molecule has 3 unspecified atom stereocenters. The largest absolute Gasteiger partial charge is 0.497 e. The van der Waals surface area contributed by atoms with Crippen molar-refractivity contribution < 1.29 is 28.7 Å². The molecular weight excluding hydrogens is 702 g/mol. The Labute approximate surface area is 318 Å². The standard InChI is InChI=1S/C41H45N7O7/c1-23-20-46(28-9-10-30-31(17-28)41(53)48(40(30)52)33-11-12-35(49)43-38(33)50)21-24(2)47(23)22-25-13-15-45(16-14-25)27-7-5-26(6-8-27)37-42-32-18-29(54-3)19-34(55-4)36(32)39(51)44-37/h5-10,17-19,23-25,33H,11-16,20-22H2,1-4H3,(H,42,44,51)(H,43,49,50). The van der Waals surface area contributed by atoms with Crippen LogP contribution in [0.2, 0.25) is 0 Å².